The monoisotopic (exact) mass is 264 g/mol. The quantitative estimate of drug-likeness (QED) is 0.713. The third kappa shape index (κ3) is 7.33. The Balaban J connectivity index is 4.63. The summed E-state index contributed by atoms with van der Waals surface area (Å²) in [5.41, 5.74) is -0.226. The molecule has 0 radical (unpaired) electrons. The molecule has 0 aromatic carbocycles. The molecule has 0 unspecified atom stereocenters. The summed E-state index contributed by atoms with van der Waals surface area (Å²) in [7, 11) is 0.386. The second-order valence-electron chi connectivity index (χ2n) is 5.51. The van der Waals surface area contributed by atoms with Gasteiger partial charge in [0.15, 0.2) is 0 Å². The van der Waals surface area contributed by atoms with Crippen LogP contribution >= 0.6 is 0 Å². The van der Waals surface area contributed by atoms with E-state index < -0.39 is 9.84 Å². The van der Waals surface area contributed by atoms with Gasteiger partial charge in [-0.3, -0.25) is 9.69 Å². The summed E-state index contributed by atoms with van der Waals surface area (Å²) in [4.78, 5) is 15.1. The SMILES string of the molecule is CN(C)C(=O)CN(CCS(C)(=O)=O)C(C)(C)C. The van der Waals surface area contributed by atoms with Crippen LogP contribution in [0.2, 0.25) is 0 Å². The van der Waals surface area contributed by atoms with Crippen LogP contribution < -0.4 is 0 Å². The Morgan fingerprint density at radius 2 is 1.65 bits per heavy atom. The standard InChI is InChI=1S/C11H24N2O3S/c1-11(2,3)13(7-8-17(6,15)16)9-10(14)12(4)5/h7-9H2,1-6H3. The smallest absolute Gasteiger partial charge is 0.236 e. The number of carbonyl (C=O) groups excluding carboxylic acids is 1. The molecule has 0 aliphatic rings. The van der Waals surface area contributed by atoms with E-state index in [9.17, 15) is 13.2 Å². The molecule has 6 heteroatoms. The molecule has 0 aliphatic heterocycles. The van der Waals surface area contributed by atoms with E-state index in [2.05, 4.69) is 0 Å². The number of sulfone groups is 1. The second kappa shape index (κ2) is 5.82. The normalized spacial score (nSPS) is 12.9. The first-order chi connectivity index (χ1) is 7.43. The molecule has 0 aromatic rings. The number of carbonyl (C=O) groups is 1. The molecule has 5 nitrogen and oxygen atoms in total. The molecule has 0 aliphatic carbocycles. The Labute approximate surface area is 105 Å². The van der Waals surface area contributed by atoms with Gasteiger partial charge in [-0.25, -0.2) is 8.42 Å². The van der Waals surface area contributed by atoms with Crippen LogP contribution in [0.1, 0.15) is 20.8 Å². The van der Waals surface area contributed by atoms with E-state index in [1.54, 1.807) is 14.1 Å². The zero-order valence-electron chi connectivity index (χ0n) is 11.6. The summed E-state index contributed by atoms with van der Waals surface area (Å²) in [5.74, 6) is 0.0544. The van der Waals surface area contributed by atoms with Crippen LogP contribution in [0.15, 0.2) is 0 Å². The van der Waals surface area contributed by atoms with Crippen LogP contribution in [0.4, 0.5) is 0 Å². The number of hydrogen-bond donors (Lipinski definition) is 0. The summed E-state index contributed by atoms with van der Waals surface area (Å²) in [6.07, 6.45) is 1.21. The van der Waals surface area contributed by atoms with Gasteiger partial charge >= 0.3 is 0 Å². The van der Waals surface area contributed by atoms with Gasteiger partial charge in [-0.1, -0.05) is 0 Å². The first-order valence-electron chi connectivity index (χ1n) is 5.56. The fraction of sp³-hybridized carbons (Fsp3) is 0.909. The molecular weight excluding hydrogens is 240 g/mol. The van der Waals surface area contributed by atoms with E-state index in [0.717, 1.165) is 0 Å². The van der Waals surface area contributed by atoms with Crippen molar-refractivity contribution in [3.05, 3.63) is 0 Å². The summed E-state index contributed by atoms with van der Waals surface area (Å²) in [6.45, 7) is 6.53. The molecular formula is C11H24N2O3S. The van der Waals surface area contributed by atoms with Gasteiger partial charge in [-0.05, 0) is 20.8 Å². The Bertz CT molecular complexity index is 355. The van der Waals surface area contributed by atoms with Gasteiger partial charge in [0.05, 0.1) is 12.3 Å². The number of amides is 1. The van der Waals surface area contributed by atoms with E-state index in [4.69, 9.17) is 0 Å². The maximum absolute atomic E-state index is 11.7. The van der Waals surface area contributed by atoms with Crippen LogP contribution in [-0.2, 0) is 14.6 Å². The van der Waals surface area contributed by atoms with Gasteiger partial charge in [0, 0.05) is 32.4 Å². The van der Waals surface area contributed by atoms with Crippen molar-refractivity contribution in [2.75, 3.05) is 39.2 Å². The number of likely N-dealkylation sites (N-methyl/N-ethyl adjacent to an activating group) is 1. The molecule has 0 saturated carbocycles. The molecule has 0 N–H and O–H groups in total. The first kappa shape index (κ1) is 16.4. The van der Waals surface area contributed by atoms with Crippen molar-refractivity contribution in [2.24, 2.45) is 0 Å². The minimum atomic E-state index is -3.00. The predicted octanol–water partition coefficient (Wildman–Crippen LogP) is 0.220. The molecule has 0 heterocycles. The van der Waals surface area contributed by atoms with Crippen molar-refractivity contribution < 1.29 is 13.2 Å². The number of rotatable bonds is 5. The molecule has 1 amide bonds. The van der Waals surface area contributed by atoms with Crippen LogP contribution in [0.5, 0.6) is 0 Å². The minimum Gasteiger partial charge on any atom is -0.348 e. The second-order valence-corrected chi connectivity index (χ2v) is 7.77. The van der Waals surface area contributed by atoms with Gasteiger partial charge in [-0.15, -0.1) is 0 Å². The predicted molar refractivity (Wildman–Crippen MR) is 69.7 cm³/mol. The number of nitrogens with zero attached hydrogens (tertiary/aromatic N) is 2. The van der Waals surface area contributed by atoms with Gasteiger partial charge in [0.25, 0.3) is 0 Å². The van der Waals surface area contributed by atoms with Gasteiger partial charge in [-0.2, -0.15) is 0 Å². The molecule has 0 spiro atoms. The summed E-state index contributed by atoms with van der Waals surface area (Å²) in [5, 5.41) is 0. The van der Waals surface area contributed by atoms with E-state index in [1.807, 2.05) is 25.7 Å². The minimum absolute atomic E-state index is 0.0200. The van der Waals surface area contributed by atoms with Crippen molar-refractivity contribution in [3.63, 3.8) is 0 Å². The average molecular weight is 264 g/mol. The first-order valence-corrected chi connectivity index (χ1v) is 7.62. The summed E-state index contributed by atoms with van der Waals surface area (Å²) < 4.78 is 22.3. The highest BCUT2D eigenvalue weighted by Crippen LogP contribution is 2.13. The van der Waals surface area contributed by atoms with Gasteiger partial charge < -0.3 is 4.90 Å². The highest BCUT2D eigenvalue weighted by Gasteiger charge is 2.24. The molecule has 0 aromatic heterocycles. The van der Waals surface area contributed by atoms with Gasteiger partial charge in [0.1, 0.15) is 9.84 Å². The van der Waals surface area contributed by atoms with Crippen molar-refractivity contribution in [1.29, 1.82) is 0 Å². The Kier molecular flexibility index (Phi) is 5.61. The van der Waals surface area contributed by atoms with E-state index in [-0.39, 0.29) is 23.7 Å². The van der Waals surface area contributed by atoms with Crippen molar-refractivity contribution in [2.45, 2.75) is 26.3 Å². The number of hydrogen-bond acceptors (Lipinski definition) is 4. The zero-order chi connectivity index (χ0) is 13.9. The van der Waals surface area contributed by atoms with Crippen LogP contribution in [0.25, 0.3) is 0 Å². The molecule has 0 fully saturated rings. The fourth-order valence-corrected chi connectivity index (χ4v) is 1.78. The summed E-state index contributed by atoms with van der Waals surface area (Å²) >= 11 is 0. The third-order valence-electron chi connectivity index (χ3n) is 2.51. The van der Waals surface area contributed by atoms with Crippen molar-refractivity contribution >= 4 is 15.7 Å². The van der Waals surface area contributed by atoms with Crippen molar-refractivity contribution in [3.8, 4) is 0 Å². The topological polar surface area (TPSA) is 57.7 Å². The highest BCUT2D eigenvalue weighted by molar-refractivity contribution is 7.90. The fourth-order valence-electron chi connectivity index (χ4n) is 1.23. The Hall–Kier alpha value is -0.620. The lowest BCUT2D eigenvalue weighted by Crippen LogP contribution is -2.48. The lowest BCUT2D eigenvalue weighted by Gasteiger charge is -2.35. The van der Waals surface area contributed by atoms with E-state index in [0.29, 0.717) is 6.54 Å². The van der Waals surface area contributed by atoms with E-state index in [1.165, 1.54) is 11.2 Å². The van der Waals surface area contributed by atoms with Crippen LogP contribution in [0, 0.1) is 0 Å². The largest absolute Gasteiger partial charge is 0.348 e. The average Bonchev–Trinajstić information content (AvgIpc) is 2.07. The molecule has 102 valence electrons. The third-order valence-corrected chi connectivity index (χ3v) is 3.43. The molecule has 0 saturated heterocycles. The molecule has 0 bridgehead atoms. The van der Waals surface area contributed by atoms with E-state index >= 15 is 0 Å². The highest BCUT2D eigenvalue weighted by atomic mass is 32.2. The molecule has 17 heavy (non-hydrogen) atoms. The Morgan fingerprint density at radius 3 is 1.94 bits per heavy atom. The zero-order valence-corrected chi connectivity index (χ0v) is 12.5. The molecule has 0 rings (SSSR count). The summed E-state index contributed by atoms with van der Waals surface area (Å²) in [6, 6.07) is 0. The van der Waals surface area contributed by atoms with Gasteiger partial charge in [0.2, 0.25) is 5.91 Å². The maximum Gasteiger partial charge on any atom is 0.236 e. The lowest BCUT2D eigenvalue weighted by molar-refractivity contribution is -0.131. The van der Waals surface area contributed by atoms with Crippen molar-refractivity contribution in [1.82, 2.24) is 9.80 Å². The Morgan fingerprint density at radius 1 is 1.18 bits per heavy atom. The lowest BCUT2D eigenvalue weighted by atomic mass is 10.1. The maximum atomic E-state index is 11.7. The molecule has 0 atom stereocenters. The van der Waals surface area contributed by atoms with Crippen LogP contribution in [0.3, 0.4) is 0 Å². The van der Waals surface area contributed by atoms with Crippen LogP contribution in [-0.4, -0.2) is 68.9 Å².